The summed E-state index contributed by atoms with van der Waals surface area (Å²) < 4.78 is 4.36. The van der Waals surface area contributed by atoms with Crippen molar-refractivity contribution in [2.75, 3.05) is 5.73 Å². The molecule has 0 spiro atoms. The summed E-state index contributed by atoms with van der Waals surface area (Å²) in [5.74, 6) is 2.16. The zero-order chi connectivity index (χ0) is 14.4. The number of anilines is 1. The van der Waals surface area contributed by atoms with E-state index in [9.17, 15) is 0 Å². The largest absolute Gasteiger partial charge is 0.383 e. The second-order valence-corrected chi connectivity index (χ2v) is 6.24. The van der Waals surface area contributed by atoms with Crippen LogP contribution in [0.3, 0.4) is 0 Å². The van der Waals surface area contributed by atoms with Crippen LogP contribution in [0.4, 0.5) is 5.82 Å². The van der Waals surface area contributed by atoms with Gasteiger partial charge in [-0.2, -0.15) is 0 Å². The lowest BCUT2D eigenvalue weighted by Gasteiger charge is -2.15. The molecule has 1 fully saturated rings. The lowest BCUT2D eigenvalue weighted by atomic mass is 10.2. The van der Waals surface area contributed by atoms with Gasteiger partial charge in [-0.3, -0.25) is 0 Å². The normalized spacial score (nSPS) is 15.5. The first kappa shape index (κ1) is 13.2. The van der Waals surface area contributed by atoms with Gasteiger partial charge in [0.1, 0.15) is 17.3 Å². The van der Waals surface area contributed by atoms with Crippen molar-refractivity contribution < 1.29 is 0 Å². The smallest absolute Gasteiger partial charge is 0.133 e. The molecule has 5 nitrogen and oxygen atoms in total. The molecule has 3 rings (SSSR count). The maximum Gasteiger partial charge on any atom is 0.133 e. The van der Waals surface area contributed by atoms with Gasteiger partial charge in [0.15, 0.2) is 0 Å². The van der Waals surface area contributed by atoms with Crippen LogP contribution in [-0.2, 0) is 0 Å². The third-order valence-corrected chi connectivity index (χ3v) is 3.86. The van der Waals surface area contributed by atoms with E-state index < -0.39 is 0 Å². The van der Waals surface area contributed by atoms with Crippen molar-refractivity contribution in [2.45, 2.75) is 58.5 Å². The number of nitrogen functional groups attached to an aromatic ring is 1. The molecule has 0 bridgehead atoms. The highest BCUT2D eigenvalue weighted by Gasteiger charge is 2.28. The minimum absolute atomic E-state index is 0.311. The van der Waals surface area contributed by atoms with Crippen molar-refractivity contribution in [3.63, 3.8) is 0 Å². The first-order chi connectivity index (χ1) is 9.50. The second-order valence-electron chi connectivity index (χ2n) is 6.24. The molecule has 1 saturated carbocycles. The molecule has 1 aliphatic carbocycles. The number of aromatic nitrogens is 4. The number of rotatable bonds is 4. The first-order valence-corrected chi connectivity index (χ1v) is 7.40. The molecular weight excluding hydrogens is 250 g/mol. The molecule has 0 amide bonds. The Balaban J connectivity index is 2.14. The predicted molar refractivity (Wildman–Crippen MR) is 80.6 cm³/mol. The van der Waals surface area contributed by atoms with Crippen LogP contribution in [0.25, 0.3) is 11.4 Å². The van der Waals surface area contributed by atoms with Gasteiger partial charge in [-0.15, -0.1) is 0 Å². The van der Waals surface area contributed by atoms with Crippen molar-refractivity contribution >= 4 is 5.82 Å². The van der Waals surface area contributed by atoms with Gasteiger partial charge < -0.3 is 14.9 Å². The summed E-state index contributed by atoms with van der Waals surface area (Å²) in [4.78, 5) is 9.11. The van der Waals surface area contributed by atoms with Gasteiger partial charge >= 0.3 is 0 Å². The fraction of sp³-hybridized carbons (Fsp3) is 0.600. The topological polar surface area (TPSA) is 61.7 Å². The van der Waals surface area contributed by atoms with E-state index in [-0.39, 0.29) is 0 Å². The zero-order valence-electron chi connectivity index (χ0n) is 12.7. The Bertz CT molecular complexity index is 616. The van der Waals surface area contributed by atoms with Crippen LogP contribution in [0.1, 0.15) is 64.4 Å². The van der Waals surface area contributed by atoms with Crippen LogP contribution >= 0.6 is 0 Å². The molecule has 108 valence electrons. The van der Waals surface area contributed by atoms with Crippen molar-refractivity contribution in [2.24, 2.45) is 0 Å². The number of nitrogens with zero attached hydrogens (tertiary/aromatic N) is 4. The van der Waals surface area contributed by atoms with E-state index in [0.29, 0.717) is 18.0 Å². The van der Waals surface area contributed by atoms with Gasteiger partial charge in [0.2, 0.25) is 0 Å². The summed E-state index contributed by atoms with van der Waals surface area (Å²) in [6, 6.07) is 0.893. The predicted octanol–water partition coefficient (Wildman–Crippen LogP) is 3.37. The number of hydrogen-bond donors (Lipinski definition) is 1. The monoisotopic (exact) mass is 273 g/mol. The minimum atomic E-state index is 0.311. The molecule has 2 aromatic heterocycles. The summed E-state index contributed by atoms with van der Waals surface area (Å²) in [5.41, 5.74) is 8.31. The SMILES string of the molecule is CC(C)c1nc(-c2cncn2C2CC2)c(N)n1C(C)C. The van der Waals surface area contributed by atoms with Crippen LogP contribution in [-0.4, -0.2) is 19.1 Å². The van der Waals surface area contributed by atoms with Crippen LogP contribution < -0.4 is 5.73 Å². The molecule has 0 radical (unpaired) electrons. The molecule has 2 N–H and O–H groups in total. The average molecular weight is 273 g/mol. The van der Waals surface area contributed by atoms with Crippen molar-refractivity contribution in [3.05, 3.63) is 18.3 Å². The summed E-state index contributed by atoms with van der Waals surface area (Å²) in [6.07, 6.45) is 6.23. The van der Waals surface area contributed by atoms with Crippen LogP contribution in [0.5, 0.6) is 0 Å². The Morgan fingerprint density at radius 2 is 1.95 bits per heavy atom. The molecule has 2 heterocycles. The van der Waals surface area contributed by atoms with Crippen molar-refractivity contribution in [1.29, 1.82) is 0 Å². The molecule has 1 aliphatic rings. The van der Waals surface area contributed by atoms with Gasteiger partial charge in [0.05, 0.1) is 18.2 Å². The molecule has 0 saturated heterocycles. The molecule has 0 aromatic carbocycles. The van der Waals surface area contributed by atoms with E-state index in [4.69, 9.17) is 10.7 Å². The maximum atomic E-state index is 6.38. The van der Waals surface area contributed by atoms with E-state index in [1.807, 2.05) is 12.5 Å². The van der Waals surface area contributed by atoms with Gasteiger partial charge in [-0.1, -0.05) is 13.8 Å². The van der Waals surface area contributed by atoms with Gasteiger partial charge in [-0.05, 0) is 26.7 Å². The summed E-state index contributed by atoms with van der Waals surface area (Å²) in [7, 11) is 0. The Labute approximate surface area is 119 Å². The molecule has 0 unspecified atom stereocenters. The van der Waals surface area contributed by atoms with Gasteiger partial charge in [0.25, 0.3) is 0 Å². The first-order valence-electron chi connectivity index (χ1n) is 7.40. The molecule has 0 aliphatic heterocycles. The molecule has 0 atom stereocenters. The van der Waals surface area contributed by atoms with E-state index in [1.54, 1.807) is 0 Å². The van der Waals surface area contributed by atoms with Gasteiger partial charge in [-0.25, -0.2) is 9.97 Å². The van der Waals surface area contributed by atoms with Crippen molar-refractivity contribution in [1.82, 2.24) is 19.1 Å². The van der Waals surface area contributed by atoms with Crippen LogP contribution in [0.15, 0.2) is 12.5 Å². The second kappa shape index (κ2) is 4.65. The fourth-order valence-electron chi connectivity index (χ4n) is 2.73. The van der Waals surface area contributed by atoms with E-state index in [1.165, 1.54) is 12.8 Å². The Kier molecular flexibility index (Phi) is 3.07. The molecule has 2 aromatic rings. The highest BCUT2D eigenvalue weighted by Crippen LogP contribution is 2.40. The quantitative estimate of drug-likeness (QED) is 0.929. The summed E-state index contributed by atoms with van der Waals surface area (Å²) >= 11 is 0. The van der Waals surface area contributed by atoms with E-state index in [2.05, 4.69) is 41.8 Å². The fourth-order valence-corrected chi connectivity index (χ4v) is 2.73. The Hall–Kier alpha value is -1.78. The van der Waals surface area contributed by atoms with E-state index in [0.717, 1.165) is 23.0 Å². The maximum absolute atomic E-state index is 6.38. The Morgan fingerprint density at radius 3 is 2.45 bits per heavy atom. The summed E-state index contributed by atoms with van der Waals surface area (Å²) in [6.45, 7) is 8.60. The molecule has 5 heteroatoms. The third-order valence-electron chi connectivity index (χ3n) is 3.86. The van der Waals surface area contributed by atoms with Crippen molar-refractivity contribution in [3.8, 4) is 11.4 Å². The standard InChI is InChI=1S/C15H23N5/c1-9(2)15-18-13(14(16)20(15)10(3)4)12-7-17-8-19(12)11-5-6-11/h7-11H,5-6,16H2,1-4H3. The third kappa shape index (κ3) is 2.01. The number of imidazole rings is 2. The number of nitrogens with two attached hydrogens (primary N) is 1. The Morgan fingerprint density at radius 1 is 1.25 bits per heavy atom. The highest BCUT2D eigenvalue weighted by atomic mass is 15.2. The molecule has 20 heavy (non-hydrogen) atoms. The lowest BCUT2D eigenvalue weighted by molar-refractivity contribution is 0.556. The zero-order valence-corrected chi connectivity index (χ0v) is 12.7. The molecular formula is C15H23N5. The highest BCUT2D eigenvalue weighted by molar-refractivity contribution is 5.68. The number of hydrogen-bond acceptors (Lipinski definition) is 3. The lowest BCUT2D eigenvalue weighted by Crippen LogP contribution is -2.10. The minimum Gasteiger partial charge on any atom is -0.383 e. The summed E-state index contributed by atoms with van der Waals surface area (Å²) in [5, 5.41) is 0. The van der Waals surface area contributed by atoms with Crippen LogP contribution in [0, 0.1) is 0 Å². The average Bonchev–Trinajstić information content (AvgIpc) is 2.99. The van der Waals surface area contributed by atoms with Crippen LogP contribution in [0.2, 0.25) is 0 Å². The van der Waals surface area contributed by atoms with Gasteiger partial charge in [0, 0.05) is 18.0 Å². The van der Waals surface area contributed by atoms with E-state index >= 15 is 0 Å².